The zero-order valence-electron chi connectivity index (χ0n) is 15.3. The first kappa shape index (κ1) is 19.4. The molecule has 1 saturated heterocycles. The van der Waals surface area contributed by atoms with Crippen molar-refractivity contribution in [3.05, 3.63) is 36.8 Å². The predicted octanol–water partition coefficient (Wildman–Crippen LogP) is 2.10. The summed E-state index contributed by atoms with van der Waals surface area (Å²) in [6, 6.07) is 7.06. The van der Waals surface area contributed by atoms with Crippen molar-refractivity contribution >= 4 is 21.6 Å². The van der Waals surface area contributed by atoms with Crippen LogP contribution in [0.4, 0.5) is 5.69 Å². The van der Waals surface area contributed by atoms with Gasteiger partial charge in [0.25, 0.3) is 10.0 Å². The Balaban J connectivity index is 1.60. The molecule has 0 radical (unpaired) electrons. The molecule has 1 aliphatic rings. The molecule has 9 heteroatoms. The van der Waals surface area contributed by atoms with Gasteiger partial charge in [-0.15, -0.1) is 0 Å². The first-order valence-electron chi connectivity index (χ1n) is 9.03. The normalized spacial score (nSPS) is 15.4. The van der Waals surface area contributed by atoms with Gasteiger partial charge < -0.3 is 14.6 Å². The van der Waals surface area contributed by atoms with E-state index < -0.39 is 10.0 Å². The predicted molar refractivity (Wildman–Crippen MR) is 101 cm³/mol. The minimum atomic E-state index is -3.59. The maximum Gasteiger partial charge on any atom is 0.262 e. The average Bonchev–Trinajstić information content (AvgIpc) is 3.13. The van der Waals surface area contributed by atoms with Gasteiger partial charge >= 0.3 is 0 Å². The topological polar surface area (TPSA) is 93.5 Å². The minimum Gasteiger partial charge on any atom is -0.494 e. The van der Waals surface area contributed by atoms with E-state index >= 15 is 0 Å². The molecule has 0 atom stereocenters. The summed E-state index contributed by atoms with van der Waals surface area (Å²) in [4.78, 5) is 16.2. The molecule has 2 aromatic rings. The second-order valence-corrected chi connectivity index (χ2v) is 8.24. The first-order valence-corrected chi connectivity index (χ1v) is 10.5. The van der Waals surface area contributed by atoms with E-state index in [4.69, 9.17) is 4.74 Å². The number of ether oxygens (including phenoxy) is 1. The molecule has 0 spiro atoms. The van der Waals surface area contributed by atoms with Crippen molar-refractivity contribution in [3.8, 4) is 5.75 Å². The lowest BCUT2D eigenvalue weighted by Crippen LogP contribution is -2.35. The molecule has 1 aromatic heterocycles. The first-order chi connectivity index (χ1) is 13.0. The van der Waals surface area contributed by atoms with E-state index in [1.165, 1.54) is 21.4 Å². The lowest BCUT2D eigenvalue weighted by Gasteiger charge is -2.24. The van der Waals surface area contributed by atoms with Crippen molar-refractivity contribution < 1.29 is 17.9 Å². The fourth-order valence-electron chi connectivity index (χ4n) is 2.96. The molecule has 1 N–H and O–H groups in total. The van der Waals surface area contributed by atoms with Crippen LogP contribution in [0.5, 0.6) is 5.75 Å². The standard InChI is InChI=1S/C18H24N4O4S/c1-2-26-16-8-6-15(7-9-16)20-17(23)12-21-13-18(19-14-21)27(24,25)22-10-4-3-5-11-22/h6-9,13-14H,2-5,10-12H2,1H3,(H,20,23). The number of benzene rings is 1. The number of carbonyl (C=O) groups is 1. The highest BCUT2D eigenvalue weighted by molar-refractivity contribution is 7.89. The average molecular weight is 392 g/mol. The number of nitrogens with zero attached hydrogens (tertiary/aromatic N) is 3. The fraction of sp³-hybridized carbons (Fsp3) is 0.444. The summed E-state index contributed by atoms with van der Waals surface area (Å²) >= 11 is 0. The summed E-state index contributed by atoms with van der Waals surface area (Å²) in [5.74, 6) is 0.469. The van der Waals surface area contributed by atoms with Crippen molar-refractivity contribution in [1.82, 2.24) is 13.9 Å². The van der Waals surface area contributed by atoms with Gasteiger partial charge in [0.15, 0.2) is 5.03 Å². The zero-order chi connectivity index (χ0) is 19.3. The van der Waals surface area contributed by atoms with Crippen LogP contribution in [0.1, 0.15) is 26.2 Å². The van der Waals surface area contributed by atoms with E-state index in [0.29, 0.717) is 25.4 Å². The molecule has 0 bridgehead atoms. The van der Waals surface area contributed by atoms with Gasteiger partial charge in [0, 0.05) is 25.0 Å². The smallest absolute Gasteiger partial charge is 0.262 e. The van der Waals surface area contributed by atoms with E-state index in [0.717, 1.165) is 25.0 Å². The quantitative estimate of drug-likeness (QED) is 0.779. The number of carbonyl (C=O) groups excluding carboxylic acids is 1. The van der Waals surface area contributed by atoms with Crippen LogP contribution in [0.2, 0.25) is 0 Å². The van der Waals surface area contributed by atoms with Gasteiger partial charge in [0.05, 0.1) is 12.9 Å². The Kier molecular flexibility index (Phi) is 6.12. The van der Waals surface area contributed by atoms with E-state index in [1.807, 2.05) is 6.92 Å². The second kappa shape index (κ2) is 8.53. The lowest BCUT2D eigenvalue weighted by molar-refractivity contribution is -0.116. The molecule has 1 aliphatic heterocycles. The van der Waals surface area contributed by atoms with Gasteiger partial charge in [-0.2, -0.15) is 4.31 Å². The van der Waals surface area contributed by atoms with Crippen LogP contribution in [-0.4, -0.2) is 47.9 Å². The van der Waals surface area contributed by atoms with Crippen molar-refractivity contribution in [3.63, 3.8) is 0 Å². The lowest BCUT2D eigenvalue weighted by atomic mass is 10.2. The van der Waals surface area contributed by atoms with E-state index in [2.05, 4.69) is 10.3 Å². The highest BCUT2D eigenvalue weighted by Crippen LogP contribution is 2.19. The number of hydrogen-bond acceptors (Lipinski definition) is 5. The Morgan fingerprint density at radius 3 is 2.56 bits per heavy atom. The number of aromatic nitrogens is 2. The highest BCUT2D eigenvalue weighted by atomic mass is 32.2. The van der Waals surface area contributed by atoms with Crippen LogP contribution >= 0.6 is 0 Å². The Hall–Kier alpha value is -2.39. The van der Waals surface area contributed by atoms with Gasteiger partial charge in [-0.25, -0.2) is 13.4 Å². The number of amides is 1. The molecular formula is C18H24N4O4S. The second-order valence-electron chi connectivity index (χ2n) is 6.35. The summed E-state index contributed by atoms with van der Waals surface area (Å²) < 4.78 is 33.5. The Morgan fingerprint density at radius 2 is 1.89 bits per heavy atom. The molecular weight excluding hydrogens is 368 g/mol. The van der Waals surface area contributed by atoms with Crippen LogP contribution in [0.15, 0.2) is 41.8 Å². The van der Waals surface area contributed by atoms with E-state index in [1.54, 1.807) is 24.3 Å². The van der Waals surface area contributed by atoms with Gasteiger partial charge in [0.2, 0.25) is 5.91 Å². The van der Waals surface area contributed by atoms with Crippen LogP contribution in [0, 0.1) is 0 Å². The van der Waals surface area contributed by atoms with Crippen LogP contribution in [0.3, 0.4) is 0 Å². The van der Waals surface area contributed by atoms with E-state index in [9.17, 15) is 13.2 Å². The Labute approximate surface area is 159 Å². The summed E-state index contributed by atoms with van der Waals surface area (Å²) in [5, 5.41) is 2.75. The molecule has 0 aliphatic carbocycles. The number of piperidine rings is 1. The summed E-state index contributed by atoms with van der Waals surface area (Å²) in [6.45, 7) is 3.51. The number of nitrogens with one attached hydrogen (secondary N) is 1. The third-order valence-electron chi connectivity index (χ3n) is 4.30. The molecule has 0 saturated carbocycles. The van der Waals surface area contributed by atoms with Crippen LogP contribution in [-0.2, 0) is 21.4 Å². The Morgan fingerprint density at radius 1 is 1.19 bits per heavy atom. The molecule has 1 amide bonds. The van der Waals surface area contributed by atoms with Gasteiger partial charge in [-0.3, -0.25) is 4.79 Å². The third kappa shape index (κ3) is 4.86. The van der Waals surface area contributed by atoms with E-state index in [-0.39, 0.29) is 17.5 Å². The number of anilines is 1. The van der Waals surface area contributed by atoms with Gasteiger partial charge in [0.1, 0.15) is 12.3 Å². The third-order valence-corrected chi connectivity index (χ3v) is 6.09. The maximum absolute atomic E-state index is 12.6. The van der Waals surface area contributed by atoms with Crippen molar-refractivity contribution in [2.75, 3.05) is 25.0 Å². The number of sulfonamides is 1. The number of imidazole rings is 1. The van der Waals surface area contributed by atoms with Crippen LogP contribution in [0.25, 0.3) is 0 Å². The summed E-state index contributed by atoms with van der Waals surface area (Å²) in [5.41, 5.74) is 0.643. The van der Waals surface area contributed by atoms with Crippen LogP contribution < -0.4 is 10.1 Å². The number of hydrogen-bond donors (Lipinski definition) is 1. The van der Waals surface area contributed by atoms with Crippen molar-refractivity contribution in [1.29, 1.82) is 0 Å². The molecule has 3 rings (SSSR count). The fourth-order valence-corrected chi connectivity index (χ4v) is 4.42. The summed E-state index contributed by atoms with van der Waals surface area (Å²) in [7, 11) is -3.59. The molecule has 146 valence electrons. The molecule has 0 unspecified atom stereocenters. The van der Waals surface area contributed by atoms with Gasteiger partial charge in [-0.1, -0.05) is 6.42 Å². The minimum absolute atomic E-state index is 0.0155. The zero-order valence-corrected chi connectivity index (χ0v) is 16.1. The molecule has 1 aromatic carbocycles. The monoisotopic (exact) mass is 392 g/mol. The summed E-state index contributed by atoms with van der Waals surface area (Å²) in [6.07, 6.45) is 5.55. The van der Waals surface area contributed by atoms with Crippen molar-refractivity contribution in [2.45, 2.75) is 37.8 Å². The molecule has 2 heterocycles. The highest BCUT2D eigenvalue weighted by Gasteiger charge is 2.28. The van der Waals surface area contributed by atoms with Crippen molar-refractivity contribution in [2.24, 2.45) is 0 Å². The SMILES string of the molecule is CCOc1ccc(NC(=O)Cn2cnc(S(=O)(=O)N3CCCCC3)c2)cc1. The number of rotatable bonds is 7. The Bertz CT molecular complexity index is 871. The maximum atomic E-state index is 12.6. The van der Waals surface area contributed by atoms with Gasteiger partial charge in [-0.05, 0) is 44.0 Å². The molecule has 1 fully saturated rings. The largest absolute Gasteiger partial charge is 0.494 e. The molecule has 8 nitrogen and oxygen atoms in total. The molecule has 27 heavy (non-hydrogen) atoms.